The second kappa shape index (κ2) is 7.19. The van der Waals surface area contributed by atoms with Crippen molar-refractivity contribution in [3.63, 3.8) is 0 Å². The Bertz CT molecular complexity index is 605. The molecule has 2 aliphatic heterocycles. The SMILES string of the molecule is O=C(NC1(C(=O)O)CCOC1)c1cccc(OCC2CCCO2)c1. The van der Waals surface area contributed by atoms with Crippen LogP contribution in [0.2, 0.25) is 0 Å². The lowest BCUT2D eigenvalue weighted by Crippen LogP contribution is -2.55. The first-order valence-electron chi connectivity index (χ1n) is 8.07. The molecule has 0 saturated carbocycles. The standard InChI is InChI=1S/C17H21NO6/c19-15(18-17(16(20)21)6-8-22-11-17)12-3-1-4-13(9-12)24-10-14-5-2-7-23-14/h1,3-4,9,14H,2,5-8,10-11H2,(H,18,19)(H,20,21). The lowest BCUT2D eigenvalue weighted by atomic mass is 9.98. The van der Waals surface area contributed by atoms with E-state index >= 15 is 0 Å². The van der Waals surface area contributed by atoms with Crippen molar-refractivity contribution in [1.29, 1.82) is 0 Å². The van der Waals surface area contributed by atoms with Crippen LogP contribution in [0, 0.1) is 0 Å². The molecule has 24 heavy (non-hydrogen) atoms. The van der Waals surface area contributed by atoms with E-state index < -0.39 is 17.4 Å². The van der Waals surface area contributed by atoms with Crippen molar-refractivity contribution in [3.05, 3.63) is 29.8 Å². The third-order valence-corrected chi connectivity index (χ3v) is 4.34. The summed E-state index contributed by atoms with van der Waals surface area (Å²) in [7, 11) is 0. The minimum Gasteiger partial charge on any atom is -0.491 e. The molecule has 2 unspecified atom stereocenters. The average molecular weight is 335 g/mol. The number of carbonyl (C=O) groups excluding carboxylic acids is 1. The molecule has 0 radical (unpaired) electrons. The van der Waals surface area contributed by atoms with Gasteiger partial charge in [-0.2, -0.15) is 0 Å². The van der Waals surface area contributed by atoms with Gasteiger partial charge in [-0.25, -0.2) is 4.79 Å². The zero-order valence-electron chi connectivity index (χ0n) is 13.3. The summed E-state index contributed by atoms with van der Waals surface area (Å²) in [6.45, 7) is 1.49. The molecule has 7 heteroatoms. The lowest BCUT2D eigenvalue weighted by molar-refractivity contribution is -0.144. The first-order chi connectivity index (χ1) is 11.6. The second-order valence-electron chi connectivity index (χ2n) is 6.12. The molecular weight excluding hydrogens is 314 g/mol. The van der Waals surface area contributed by atoms with Crippen molar-refractivity contribution < 1.29 is 28.9 Å². The summed E-state index contributed by atoms with van der Waals surface area (Å²) in [5, 5.41) is 12.0. The average Bonchev–Trinajstić information content (AvgIpc) is 3.25. The fourth-order valence-corrected chi connectivity index (χ4v) is 2.87. The van der Waals surface area contributed by atoms with Gasteiger partial charge < -0.3 is 24.6 Å². The van der Waals surface area contributed by atoms with E-state index in [0.717, 1.165) is 19.4 Å². The molecule has 3 rings (SSSR count). The number of nitrogens with one attached hydrogen (secondary N) is 1. The highest BCUT2D eigenvalue weighted by Gasteiger charge is 2.44. The van der Waals surface area contributed by atoms with Crippen molar-refractivity contribution in [2.24, 2.45) is 0 Å². The van der Waals surface area contributed by atoms with Gasteiger partial charge in [0.05, 0.1) is 12.7 Å². The smallest absolute Gasteiger partial charge is 0.331 e. The number of amides is 1. The van der Waals surface area contributed by atoms with Gasteiger partial charge in [0.2, 0.25) is 0 Å². The molecule has 1 aromatic rings. The normalized spacial score (nSPS) is 26.2. The summed E-state index contributed by atoms with van der Waals surface area (Å²) in [4.78, 5) is 23.9. The van der Waals surface area contributed by atoms with Gasteiger partial charge >= 0.3 is 5.97 Å². The quantitative estimate of drug-likeness (QED) is 0.812. The molecule has 2 atom stereocenters. The van der Waals surface area contributed by atoms with Gasteiger partial charge in [0.1, 0.15) is 12.4 Å². The third-order valence-electron chi connectivity index (χ3n) is 4.34. The number of carbonyl (C=O) groups is 2. The summed E-state index contributed by atoms with van der Waals surface area (Å²) < 4.78 is 16.3. The van der Waals surface area contributed by atoms with Gasteiger partial charge in [-0.1, -0.05) is 6.07 Å². The number of rotatable bonds is 6. The van der Waals surface area contributed by atoms with Crippen molar-refractivity contribution in [2.75, 3.05) is 26.4 Å². The van der Waals surface area contributed by atoms with E-state index in [4.69, 9.17) is 14.2 Å². The van der Waals surface area contributed by atoms with Crippen LogP contribution in [0.4, 0.5) is 0 Å². The third kappa shape index (κ3) is 3.68. The summed E-state index contributed by atoms with van der Waals surface area (Å²) in [6.07, 6.45) is 2.36. The van der Waals surface area contributed by atoms with Gasteiger partial charge in [-0.3, -0.25) is 4.79 Å². The van der Waals surface area contributed by atoms with E-state index in [1.807, 2.05) is 0 Å². The molecule has 2 saturated heterocycles. The predicted octanol–water partition coefficient (Wildman–Crippen LogP) is 1.22. The van der Waals surface area contributed by atoms with E-state index in [2.05, 4.69) is 5.32 Å². The Kier molecular flexibility index (Phi) is 5.01. The molecule has 1 amide bonds. The zero-order chi connectivity index (χ0) is 17.0. The van der Waals surface area contributed by atoms with Crippen LogP contribution in [-0.2, 0) is 14.3 Å². The summed E-state index contributed by atoms with van der Waals surface area (Å²) in [6, 6.07) is 6.70. The van der Waals surface area contributed by atoms with Gasteiger partial charge in [0.25, 0.3) is 5.91 Å². The van der Waals surface area contributed by atoms with Crippen molar-refractivity contribution >= 4 is 11.9 Å². The van der Waals surface area contributed by atoms with E-state index in [0.29, 0.717) is 24.5 Å². The van der Waals surface area contributed by atoms with Crippen LogP contribution in [0.25, 0.3) is 0 Å². The maximum Gasteiger partial charge on any atom is 0.331 e. The summed E-state index contributed by atoms with van der Waals surface area (Å²) >= 11 is 0. The monoisotopic (exact) mass is 335 g/mol. The van der Waals surface area contributed by atoms with E-state index in [1.54, 1.807) is 24.3 Å². The number of hydrogen-bond acceptors (Lipinski definition) is 5. The molecular formula is C17H21NO6. The Morgan fingerprint density at radius 3 is 2.92 bits per heavy atom. The van der Waals surface area contributed by atoms with Crippen molar-refractivity contribution in [2.45, 2.75) is 30.9 Å². The first kappa shape index (κ1) is 16.7. The molecule has 0 spiro atoms. The minimum atomic E-state index is -1.36. The van der Waals surface area contributed by atoms with Crippen molar-refractivity contribution in [1.82, 2.24) is 5.32 Å². The Hall–Kier alpha value is -2.12. The number of benzene rings is 1. The van der Waals surface area contributed by atoms with Crippen LogP contribution in [0.3, 0.4) is 0 Å². The number of aliphatic carboxylic acids is 1. The maximum atomic E-state index is 12.4. The first-order valence-corrected chi connectivity index (χ1v) is 8.07. The molecule has 0 bridgehead atoms. The number of carboxylic acids is 1. The Morgan fingerprint density at radius 2 is 2.25 bits per heavy atom. The second-order valence-corrected chi connectivity index (χ2v) is 6.12. The molecule has 2 N–H and O–H groups in total. The highest BCUT2D eigenvalue weighted by atomic mass is 16.5. The molecule has 2 aliphatic rings. The van der Waals surface area contributed by atoms with Gasteiger partial charge in [-0.15, -0.1) is 0 Å². The Morgan fingerprint density at radius 1 is 1.38 bits per heavy atom. The Labute approximate surface area is 139 Å². The number of hydrogen-bond donors (Lipinski definition) is 2. The minimum absolute atomic E-state index is 0.0245. The largest absolute Gasteiger partial charge is 0.491 e. The number of carboxylic acid groups (broad SMARTS) is 1. The molecule has 1 aromatic carbocycles. The van der Waals surface area contributed by atoms with Crippen LogP contribution in [0.5, 0.6) is 5.75 Å². The Balaban J connectivity index is 1.64. The highest BCUT2D eigenvalue weighted by molar-refractivity contribution is 5.98. The highest BCUT2D eigenvalue weighted by Crippen LogP contribution is 2.21. The molecule has 7 nitrogen and oxygen atoms in total. The van der Waals surface area contributed by atoms with E-state index in [1.165, 1.54) is 0 Å². The fourth-order valence-electron chi connectivity index (χ4n) is 2.87. The zero-order valence-corrected chi connectivity index (χ0v) is 13.3. The van der Waals surface area contributed by atoms with Crippen LogP contribution >= 0.6 is 0 Å². The lowest BCUT2D eigenvalue weighted by Gasteiger charge is -2.23. The van der Waals surface area contributed by atoms with Crippen molar-refractivity contribution in [3.8, 4) is 5.75 Å². The molecule has 0 aliphatic carbocycles. The van der Waals surface area contributed by atoms with E-state index in [-0.39, 0.29) is 19.1 Å². The summed E-state index contributed by atoms with van der Waals surface area (Å²) in [5.41, 5.74) is -1.00. The van der Waals surface area contributed by atoms with Crippen LogP contribution in [-0.4, -0.2) is 55.1 Å². The van der Waals surface area contributed by atoms with Gasteiger partial charge in [0.15, 0.2) is 5.54 Å². The van der Waals surface area contributed by atoms with Crippen LogP contribution in [0.1, 0.15) is 29.6 Å². The predicted molar refractivity (Wildman–Crippen MR) is 84.2 cm³/mol. The maximum absolute atomic E-state index is 12.4. The van der Waals surface area contributed by atoms with Crippen LogP contribution < -0.4 is 10.1 Å². The van der Waals surface area contributed by atoms with Gasteiger partial charge in [0, 0.05) is 25.2 Å². The summed E-state index contributed by atoms with van der Waals surface area (Å²) in [5.74, 6) is -0.977. The fraction of sp³-hybridized carbons (Fsp3) is 0.529. The number of ether oxygens (including phenoxy) is 3. The molecule has 130 valence electrons. The molecule has 2 fully saturated rings. The topological polar surface area (TPSA) is 94.1 Å². The molecule has 2 heterocycles. The molecule has 0 aromatic heterocycles. The van der Waals surface area contributed by atoms with E-state index in [9.17, 15) is 14.7 Å². The van der Waals surface area contributed by atoms with Crippen LogP contribution in [0.15, 0.2) is 24.3 Å². The van der Waals surface area contributed by atoms with Gasteiger partial charge in [-0.05, 0) is 31.0 Å².